The summed E-state index contributed by atoms with van der Waals surface area (Å²) in [5.74, 6) is 0. The van der Waals surface area contributed by atoms with E-state index in [4.69, 9.17) is 4.74 Å². The van der Waals surface area contributed by atoms with Gasteiger partial charge in [-0.15, -0.1) is 0 Å². The van der Waals surface area contributed by atoms with E-state index in [9.17, 15) is 0 Å². The van der Waals surface area contributed by atoms with Crippen LogP contribution in [0.2, 0.25) is 0 Å². The van der Waals surface area contributed by atoms with Gasteiger partial charge in [-0.05, 0) is 31.8 Å². The first-order valence-electron chi connectivity index (χ1n) is 4.84. The molecule has 1 aliphatic carbocycles. The Morgan fingerprint density at radius 3 is 2.42 bits per heavy atom. The Hall–Kier alpha value is -0.720. The standard InChI is InChI=1S/C11H18O/c1-2-12-10-9-11-7-5-3-4-6-8-11/h2,9H,1,3-8,10H2. The van der Waals surface area contributed by atoms with Gasteiger partial charge in [-0.25, -0.2) is 0 Å². The minimum Gasteiger partial charge on any atom is -0.498 e. The van der Waals surface area contributed by atoms with Crippen LogP contribution in [0.3, 0.4) is 0 Å². The zero-order valence-corrected chi connectivity index (χ0v) is 7.72. The predicted octanol–water partition coefficient (Wildman–Crippen LogP) is 3.43. The van der Waals surface area contributed by atoms with Crippen LogP contribution >= 0.6 is 0 Å². The molecule has 12 heavy (non-hydrogen) atoms. The molecule has 68 valence electrons. The van der Waals surface area contributed by atoms with Gasteiger partial charge >= 0.3 is 0 Å². The highest BCUT2D eigenvalue weighted by Gasteiger charge is 2.02. The molecule has 0 heterocycles. The minimum absolute atomic E-state index is 0.707. The second-order valence-corrected chi connectivity index (χ2v) is 3.28. The summed E-state index contributed by atoms with van der Waals surface area (Å²) < 4.78 is 5.06. The van der Waals surface area contributed by atoms with Crippen molar-refractivity contribution in [1.29, 1.82) is 0 Å². The van der Waals surface area contributed by atoms with Crippen molar-refractivity contribution in [3.05, 3.63) is 24.5 Å². The monoisotopic (exact) mass is 166 g/mol. The van der Waals surface area contributed by atoms with Crippen LogP contribution in [0.15, 0.2) is 24.5 Å². The van der Waals surface area contributed by atoms with E-state index >= 15 is 0 Å². The molecule has 0 aliphatic heterocycles. The third-order valence-electron chi connectivity index (χ3n) is 2.33. The van der Waals surface area contributed by atoms with Crippen molar-refractivity contribution in [3.63, 3.8) is 0 Å². The summed E-state index contributed by atoms with van der Waals surface area (Å²) in [5.41, 5.74) is 1.58. The van der Waals surface area contributed by atoms with Crippen LogP contribution in [0.4, 0.5) is 0 Å². The second kappa shape index (κ2) is 5.87. The lowest BCUT2D eigenvalue weighted by Gasteiger charge is -2.01. The molecule has 1 nitrogen and oxygen atoms in total. The van der Waals surface area contributed by atoms with Gasteiger partial charge in [-0.2, -0.15) is 0 Å². The van der Waals surface area contributed by atoms with Crippen molar-refractivity contribution < 1.29 is 4.74 Å². The third-order valence-corrected chi connectivity index (χ3v) is 2.33. The number of ether oxygens (including phenoxy) is 1. The molecular weight excluding hydrogens is 148 g/mol. The summed E-state index contributed by atoms with van der Waals surface area (Å²) in [4.78, 5) is 0. The Morgan fingerprint density at radius 1 is 1.17 bits per heavy atom. The molecule has 1 saturated carbocycles. The van der Waals surface area contributed by atoms with E-state index in [0.29, 0.717) is 6.61 Å². The van der Waals surface area contributed by atoms with Gasteiger partial charge in [0.15, 0.2) is 0 Å². The van der Waals surface area contributed by atoms with Gasteiger partial charge in [-0.1, -0.05) is 25.0 Å². The summed E-state index contributed by atoms with van der Waals surface area (Å²) in [6, 6.07) is 0. The minimum atomic E-state index is 0.707. The largest absolute Gasteiger partial charge is 0.498 e. The summed E-state index contributed by atoms with van der Waals surface area (Å²) in [6.07, 6.45) is 11.8. The molecule has 0 unspecified atom stereocenters. The molecule has 0 aromatic carbocycles. The van der Waals surface area contributed by atoms with E-state index in [2.05, 4.69) is 12.7 Å². The molecule has 1 aliphatic rings. The van der Waals surface area contributed by atoms with Gasteiger partial charge < -0.3 is 4.74 Å². The van der Waals surface area contributed by atoms with Crippen LogP contribution in [-0.4, -0.2) is 6.61 Å². The molecule has 0 saturated heterocycles. The Balaban J connectivity index is 2.26. The van der Waals surface area contributed by atoms with E-state index in [-0.39, 0.29) is 0 Å². The van der Waals surface area contributed by atoms with Gasteiger partial charge in [0.25, 0.3) is 0 Å². The fraction of sp³-hybridized carbons (Fsp3) is 0.636. The topological polar surface area (TPSA) is 9.23 Å². The van der Waals surface area contributed by atoms with Gasteiger partial charge in [0.2, 0.25) is 0 Å². The lowest BCUT2D eigenvalue weighted by atomic mass is 10.1. The van der Waals surface area contributed by atoms with E-state index in [1.54, 1.807) is 5.57 Å². The van der Waals surface area contributed by atoms with E-state index < -0.39 is 0 Å². The molecule has 1 fully saturated rings. The zero-order chi connectivity index (χ0) is 8.65. The quantitative estimate of drug-likeness (QED) is 0.270. The molecular formula is C11H18O. The van der Waals surface area contributed by atoms with Crippen LogP contribution < -0.4 is 0 Å². The summed E-state index contributed by atoms with van der Waals surface area (Å²) in [6.45, 7) is 4.22. The maximum atomic E-state index is 5.06. The van der Waals surface area contributed by atoms with E-state index in [1.807, 2.05) is 0 Å². The average Bonchev–Trinajstić information content (AvgIpc) is 2.33. The smallest absolute Gasteiger partial charge is 0.106 e. The molecule has 1 rings (SSSR count). The Kier molecular flexibility index (Phi) is 4.58. The van der Waals surface area contributed by atoms with Crippen molar-refractivity contribution in [2.24, 2.45) is 0 Å². The highest BCUT2D eigenvalue weighted by Crippen LogP contribution is 2.21. The summed E-state index contributed by atoms with van der Waals surface area (Å²) >= 11 is 0. The maximum absolute atomic E-state index is 5.06. The molecule has 0 aromatic rings. The van der Waals surface area contributed by atoms with Crippen molar-refractivity contribution in [1.82, 2.24) is 0 Å². The van der Waals surface area contributed by atoms with Crippen molar-refractivity contribution in [2.45, 2.75) is 38.5 Å². The summed E-state index contributed by atoms with van der Waals surface area (Å²) in [5, 5.41) is 0. The first-order chi connectivity index (χ1) is 5.93. The Morgan fingerprint density at radius 2 is 1.83 bits per heavy atom. The highest BCUT2D eigenvalue weighted by molar-refractivity contribution is 5.03. The van der Waals surface area contributed by atoms with Crippen LogP contribution in [0, 0.1) is 0 Å². The van der Waals surface area contributed by atoms with Crippen LogP contribution in [0.5, 0.6) is 0 Å². The van der Waals surface area contributed by atoms with Gasteiger partial charge in [0, 0.05) is 0 Å². The van der Waals surface area contributed by atoms with Crippen molar-refractivity contribution >= 4 is 0 Å². The lowest BCUT2D eigenvalue weighted by molar-refractivity contribution is 0.290. The molecule has 0 N–H and O–H groups in total. The van der Waals surface area contributed by atoms with Crippen molar-refractivity contribution in [3.8, 4) is 0 Å². The molecule has 0 amide bonds. The maximum Gasteiger partial charge on any atom is 0.106 e. The first kappa shape index (κ1) is 9.37. The van der Waals surface area contributed by atoms with Gasteiger partial charge in [-0.3, -0.25) is 0 Å². The normalized spacial score (nSPS) is 18.2. The van der Waals surface area contributed by atoms with E-state index in [0.717, 1.165) is 0 Å². The summed E-state index contributed by atoms with van der Waals surface area (Å²) in [7, 11) is 0. The van der Waals surface area contributed by atoms with Crippen molar-refractivity contribution in [2.75, 3.05) is 6.61 Å². The van der Waals surface area contributed by atoms with Crippen LogP contribution in [-0.2, 0) is 4.74 Å². The number of hydrogen-bond donors (Lipinski definition) is 0. The third kappa shape index (κ3) is 3.61. The number of allylic oxidation sites excluding steroid dienone is 1. The average molecular weight is 166 g/mol. The molecule has 0 bridgehead atoms. The number of rotatable bonds is 3. The Bertz CT molecular complexity index is 148. The molecule has 0 aromatic heterocycles. The van der Waals surface area contributed by atoms with E-state index in [1.165, 1.54) is 44.8 Å². The molecule has 0 atom stereocenters. The fourth-order valence-electron chi connectivity index (χ4n) is 1.62. The predicted molar refractivity (Wildman–Crippen MR) is 51.9 cm³/mol. The van der Waals surface area contributed by atoms with Crippen LogP contribution in [0.25, 0.3) is 0 Å². The first-order valence-corrected chi connectivity index (χ1v) is 4.84. The van der Waals surface area contributed by atoms with Gasteiger partial charge in [0.05, 0.1) is 6.26 Å². The van der Waals surface area contributed by atoms with Crippen LogP contribution in [0.1, 0.15) is 38.5 Å². The second-order valence-electron chi connectivity index (χ2n) is 3.28. The fourth-order valence-corrected chi connectivity index (χ4v) is 1.62. The Labute approximate surface area is 75.1 Å². The van der Waals surface area contributed by atoms with Gasteiger partial charge in [0.1, 0.15) is 6.61 Å². The number of hydrogen-bond acceptors (Lipinski definition) is 1. The zero-order valence-electron chi connectivity index (χ0n) is 7.72. The molecule has 1 heteroatoms. The molecule has 0 radical (unpaired) electrons. The molecule has 0 spiro atoms. The lowest BCUT2D eigenvalue weighted by Crippen LogP contribution is -1.86. The SMILES string of the molecule is C=COCC=C1CCCCCC1. The highest BCUT2D eigenvalue weighted by atomic mass is 16.5.